The molecule has 4 rings (SSSR count). The lowest BCUT2D eigenvalue weighted by Gasteiger charge is -2.20. The molecule has 2 aromatic heterocycles. The number of aromatic nitrogens is 2. The number of carbonyl (C=O) groups excluding carboxylic acids is 3. The number of rotatable bonds is 6. The molecule has 9 nitrogen and oxygen atoms in total. The van der Waals surface area contributed by atoms with Gasteiger partial charge in [0, 0.05) is 37.1 Å². The Bertz CT molecular complexity index is 1190. The second-order valence-electron chi connectivity index (χ2n) is 7.84. The highest BCUT2D eigenvalue weighted by Crippen LogP contribution is 2.25. The first-order valence-corrected chi connectivity index (χ1v) is 11.8. The molecule has 0 fully saturated rings. The minimum absolute atomic E-state index is 0.0177. The van der Waals surface area contributed by atoms with Crippen molar-refractivity contribution in [3.63, 3.8) is 0 Å². The largest absolute Gasteiger partial charge is 0.345 e. The molecule has 0 aliphatic carbocycles. The van der Waals surface area contributed by atoms with Crippen molar-refractivity contribution in [2.75, 3.05) is 25.5 Å². The highest BCUT2D eigenvalue weighted by Gasteiger charge is 2.24. The normalized spacial score (nSPS) is 14.1. The van der Waals surface area contributed by atoms with Crippen LogP contribution in [0.25, 0.3) is 0 Å². The number of hydrogen-bond acceptors (Lipinski definition) is 7. The van der Waals surface area contributed by atoms with Crippen LogP contribution >= 0.6 is 22.9 Å². The van der Waals surface area contributed by atoms with E-state index in [4.69, 9.17) is 11.6 Å². The van der Waals surface area contributed by atoms with Crippen LogP contribution in [0.5, 0.6) is 0 Å². The zero-order valence-electron chi connectivity index (χ0n) is 18.4. The van der Waals surface area contributed by atoms with Crippen LogP contribution in [0.3, 0.4) is 0 Å². The molecule has 11 heteroatoms. The molecular weight excluding hydrogens is 476 g/mol. The molecule has 1 atom stereocenters. The van der Waals surface area contributed by atoms with Crippen molar-refractivity contribution >= 4 is 46.5 Å². The molecular formula is C23H23ClN6O3S. The number of pyridine rings is 1. The summed E-state index contributed by atoms with van der Waals surface area (Å²) in [7, 11) is 2.04. The minimum atomic E-state index is -0.871. The third-order valence-electron chi connectivity index (χ3n) is 5.27. The van der Waals surface area contributed by atoms with Gasteiger partial charge >= 0.3 is 11.8 Å². The third kappa shape index (κ3) is 5.96. The van der Waals surface area contributed by atoms with Gasteiger partial charge in [0.15, 0.2) is 5.01 Å². The number of likely N-dealkylation sites (N-methyl/N-ethyl adjacent to an activating group) is 1. The average Bonchev–Trinajstić information content (AvgIpc) is 3.26. The number of halogens is 1. The predicted molar refractivity (Wildman–Crippen MR) is 130 cm³/mol. The molecule has 0 spiro atoms. The highest BCUT2D eigenvalue weighted by atomic mass is 35.5. The Morgan fingerprint density at radius 1 is 1.15 bits per heavy atom. The molecule has 3 N–H and O–H groups in total. The van der Waals surface area contributed by atoms with Crippen molar-refractivity contribution in [3.8, 4) is 0 Å². The summed E-state index contributed by atoms with van der Waals surface area (Å²) >= 11 is 7.16. The van der Waals surface area contributed by atoms with E-state index in [1.54, 1.807) is 6.07 Å². The summed E-state index contributed by atoms with van der Waals surface area (Å²) in [5.74, 6) is -1.83. The third-order valence-corrected chi connectivity index (χ3v) is 6.57. The van der Waals surface area contributed by atoms with Gasteiger partial charge in [-0.25, -0.2) is 9.97 Å². The Morgan fingerprint density at radius 3 is 2.68 bits per heavy atom. The smallest absolute Gasteiger partial charge is 0.314 e. The van der Waals surface area contributed by atoms with Crippen LogP contribution in [0.4, 0.5) is 5.82 Å². The topological polar surface area (TPSA) is 116 Å². The number of fused-ring (bicyclic) bond motifs is 1. The average molecular weight is 499 g/mol. The van der Waals surface area contributed by atoms with Crippen molar-refractivity contribution in [3.05, 3.63) is 74.8 Å². The van der Waals surface area contributed by atoms with Gasteiger partial charge in [-0.05, 0) is 24.7 Å². The van der Waals surface area contributed by atoms with E-state index in [9.17, 15) is 14.4 Å². The highest BCUT2D eigenvalue weighted by molar-refractivity contribution is 7.13. The maximum atomic E-state index is 13.0. The SMILES string of the molecule is CN1CCc2nc(C(=O)NC(CNC(=O)C(=O)Nc3ccc(Cl)cn3)c3ccccc3)sc2C1. The van der Waals surface area contributed by atoms with Crippen molar-refractivity contribution in [2.45, 2.75) is 19.0 Å². The summed E-state index contributed by atoms with van der Waals surface area (Å²) in [6.07, 6.45) is 2.18. The summed E-state index contributed by atoms with van der Waals surface area (Å²) in [4.78, 5) is 49.3. The number of anilines is 1. The lowest BCUT2D eigenvalue weighted by molar-refractivity contribution is -0.136. The van der Waals surface area contributed by atoms with Gasteiger partial charge in [0.1, 0.15) is 5.82 Å². The molecule has 0 saturated carbocycles. The van der Waals surface area contributed by atoms with Crippen LogP contribution in [0.1, 0.15) is 32.0 Å². The molecule has 0 radical (unpaired) electrons. The molecule has 1 aliphatic rings. The first-order valence-electron chi connectivity index (χ1n) is 10.6. The van der Waals surface area contributed by atoms with E-state index >= 15 is 0 Å². The van der Waals surface area contributed by atoms with Crippen LogP contribution in [0, 0.1) is 0 Å². The standard InChI is InChI=1S/C23H23ClN6O3S/c1-30-10-9-16-18(13-30)34-23(28-16)22(33)27-17(14-5-3-2-4-6-14)12-26-20(31)21(32)29-19-8-7-15(24)11-25-19/h2-8,11,17H,9-10,12-13H2,1H3,(H,26,31)(H,27,33)(H,25,29,32). The number of carbonyl (C=O) groups is 3. The quantitative estimate of drug-likeness (QED) is 0.449. The molecule has 176 valence electrons. The molecule has 3 heterocycles. The Morgan fingerprint density at radius 2 is 1.94 bits per heavy atom. The molecule has 3 aromatic rings. The Labute approximate surface area is 205 Å². The lowest BCUT2D eigenvalue weighted by atomic mass is 10.1. The van der Waals surface area contributed by atoms with Gasteiger partial charge in [-0.3, -0.25) is 14.4 Å². The van der Waals surface area contributed by atoms with E-state index in [2.05, 4.69) is 30.8 Å². The minimum Gasteiger partial charge on any atom is -0.345 e. The molecule has 34 heavy (non-hydrogen) atoms. The van der Waals surface area contributed by atoms with Crippen molar-refractivity contribution in [1.82, 2.24) is 25.5 Å². The Hall–Kier alpha value is -3.34. The van der Waals surface area contributed by atoms with Crippen molar-refractivity contribution < 1.29 is 14.4 Å². The molecule has 1 aromatic carbocycles. The van der Waals surface area contributed by atoms with Gasteiger partial charge in [0.2, 0.25) is 0 Å². The number of thiazole rings is 1. The Kier molecular flexibility index (Phi) is 7.51. The van der Waals surface area contributed by atoms with Crippen LogP contribution in [-0.2, 0) is 22.6 Å². The van der Waals surface area contributed by atoms with E-state index < -0.39 is 17.9 Å². The number of hydrogen-bond donors (Lipinski definition) is 3. The summed E-state index contributed by atoms with van der Waals surface area (Å²) in [5, 5.41) is 8.74. The van der Waals surface area contributed by atoms with Gasteiger partial charge < -0.3 is 20.9 Å². The predicted octanol–water partition coefficient (Wildman–Crippen LogP) is 2.41. The molecule has 3 amide bonds. The number of nitrogens with zero attached hydrogens (tertiary/aromatic N) is 3. The summed E-state index contributed by atoms with van der Waals surface area (Å²) < 4.78 is 0. The Balaban J connectivity index is 1.41. The number of amides is 3. The van der Waals surface area contributed by atoms with Crippen LogP contribution < -0.4 is 16.0 Å². The van der Waals surface area contributed by atoms with E-state index in [0.717, 1.165) is 35.6 Å². The van der Waals surface area contributed by atoms with Gasteiger partial charge in [-0.1, -0.05) is 41.9 Å². The van der Waals surface area contributed by atoms with Crippen molar-refractivity contribution in [1.29, 1.82) is 0 Å². The first kappa shape index (κ1) is 23.8. The van der Waals surface area contributed by atoms with Crippen molar-refractivity contribution in [2.24, 2.45) is 0 Å². The molecule has 0 saturated heterocycles. The number of benzene rings is 1. The monoisotopic (exact) mass is 498 g/mol. The van der Waals surface area contributed by atoms with Gasteiger partial charge in [-0.2, -0.15) is 0 Å². The van der Waals surface area contributed by atoms with E-state index in [1.807, 2.05) is 37.4 Å². The van der Waals surface area contributed by atoms with Gasteiger partial charge in [0.25, 0.3) is 5.91 Å². The maximum absolute atomic E-state index is 13.0. The molecule has 1 unspecified atom stereocenters. The van der Waals surface area contributed by atoms with Crippen LogP contribution in [-0.4, -0.2) is 52.7 Å². The van der Waals surface area contributed by atoms with Gasteiger partial charge in [-0.15, -0.1) is 11.3 Å². The molecule has 0 bridgehead atoms. The van der Waals surface area contributed by atoms with E-state index in [0.29, 0.717) is 10.0 Å². The number of nitrogens with one attached hydrogen (secondary N) is 3. The van der Waals surface area contributed by atoms with E-state index in [1.165, 1.54) is 23.6 Å². The summed E-state index contributed by atoms with van der Waals surface area (Å²) in [6.45, 7) is 1.70. The van der Waals surface area contributed by atoms with Crippen LogP contribution in [0.2, 0.25) is 5.02 Å². The maximum Gasteiger partial charge on any atom is 0.314 e. The first-order chi connectivity index (χ1) is 16.4. The lowest BCUT2D eigenvalue weighted by Crippen LogP contribution is -2.42. The van der Waals surface area contributed by atoms with Gasteiger partial charge in [0.05, 0.1) is 16.8 Å². The zero-order valence-corrected chi connectivity index (χ0v) is 19.9. The second-order valence-corrected chi connectivity index (χ2v) is 9.36. The summed E-state index contributed by atoms with van der Waals surface area (Å²) in [5.41, 5.74) is 1.75. The molecule has 1 aliphatic heterocycles. The fraction of sp³-hybridized carbons (Fsp3) is 0.261. The zero-order chi connectivity index (χ0) is 24.1. The second kappa shape index (κ2) is 10.7. The van der Waals surface area contributed by atoms with Crippen LogP contribution in [0.15, 0.2) is 48.7 Å². The fourth-order valence-corrected chi connectivity index (χ4v) is 4.68. The fourth-order valence-electron chi connectivity index (χ4n) is 3.48. The summed E-state index contributed by atoms with van der Waals surface area (Å²) in [6, 6.07) is 11.7. The van der Waals surface area contributed by atoms with E-state index in [-0.39, 0.29) is 18.3 Å².